The van der Waals surface area contributed by atoms with Crippen molar-refractivity contribution in [1.29, 1.82) is 0 Å². The van der Waals surface area contributed by atoms with Gasteiger partial charge < -0.3 is 10.1 Å². The highest BCUT2D eigenvalue weighted by Crippen LogP contribution is 2.11. The van der Waals surface area contributed by atoms with E-state index >= 15 is 0 Å². The number of nitrogens with zero attached hydrogens (tertiary/aromatic N) is 3. The zero-order valence-electron chi connectivity index (χ0n) is 14.7. The van der Waals surface area contributed by atoms with Gasteiger partial charge in [0.2, 0.25) is 0 Å². The standard InChI is InChI=1S/C19H26N4O2/c1-2-23-14-17(11-21-23)19(24)20-12-18-15-22(9-6-10-25-18)13-16-7-4-3-5-8-16/h3-5,7-8,11,14,18H,2,6,9-10,12-13,15H2,1H3,(H,20,24)/t18-/m0/s1. The fourth-order valence-electron chi connectivity index (χ4n) is 3.04. The van der Waals surface area contributed by atoms with Gasteiger partial charge in [-0.3, -0.25) is 14.4 Å². The van der Waals surface area contributed by atoms with E-state index in [1.807, 2.05) is 13.0 Å². The van der Waals surface area contributed by atoms with E-state index in [4.69, 9.17) is 4.74 Å². The maximum absolute atomic E-state index is 12.2. The molecule has 2 heterocycles. The minimum atomic E-state index is -0.0952. The van der Waals surface area contributed by atoms with Gasteiger partial charge in [-0.1, -0.05) is 30.3 Å². The number of nitrogens with one attached hydrogen (secondary N) is 1. The smallest absolute Gasteiger partial charge is 0.254 e. The SMILES string of the molecule is CCn1cc(C(=O)NC[C@H]2CN(Cc3ccccc3)CCCO2)cn1. The summed E-state index contributed by atoms with van der Waals surface area (Å²) >= 11 is 0. The summed E-state index contributed by atoms with van der Waals surface area (Å²) in [4.78, 5) is 14.6. The van der Waals surface area contributed by atoms with E-state index in [0.29, 0.717) is 12.1 Å². The molecular weight excluding hydrogens is 316 g/mol. The number of carbonyl (C=O) groups is 1. The molecule has 1 aliphatic rings. The number of amides is 1. The molecule has 25 heavy (non-hydrogen) atoms. The predicted octanol–water partition coefficient (Wildman–Crippen LogP) is 1.92. The molecule has 6 nitrogen and oxygen atoms in total. The van der Waals surface area contributed by atoms with Crippen LogP contribution in [0.5, 0.6) is 0 Å². The van der Waals surface area contributed by atoms with E-state index in [0.717, 1.165) is 39.2 Å². The molecule has 1 saturated heterocycles. The number of benzene rings is 1. The maximum Gasteiger partial charge on any atom is 0.254 e. The number of hydrogen-bond donors (Lipinski definition) is 1. The van der Waals surface area contributed by atoms with Crippen LogP contribution in [-0.4, -0.2) is 52.9 Å². The molecule has 0 radical (unpaired) electrons. The van der Waals surface area contributed by atoms with Crippen molar-refractivity contribution in [1.82, 2.24) is 20.0 Å². The minimum Gasteiger partial charge on any atom is -0.375 e. The van der Waals surface area contributed by atoms with Gasteiger partial charge in [0.05, 0.1) is 17.9 Å². The molecule has 1 amide bonds. The van der Waals surface area contributed by atoms with Crippen LogP contribution in [0.3, 0.4) is 0 Å². The van der Waals surface area contributed by atoms with Gasteiger partial charge in [0.15, 0.2) is 0 Å². The van der Waals surface area contributed by atoms with E-state index in [-0.39, 0.29) is 12.0 Å². The first-order valence-corrected chi connectivity index (χ1v) is 8.93. The summed E-state index contributed by atoms with van der Waals surface area (Å²) in [7, 11) is 0. The molecule has 6 heteroatoms. The van der Waals surface area contributed by atoms with Gasteiger partial charge >= 0.3 is 0 Å². The van der Waals surface area contributed by atoms with E-state index in [9.17, 15) is 4.79 Å². The molecule has 1 aliphatic heterocycles. The van der Waals surface area contributed by atoms with Crippen LogP contribution in [0.25, 0.3) is 0 Å². The Bertz CT molecular complexity index is 671. The summed E-state index contributed by atoms with van der Waals surface area (Å²) in [5, 5.41) is 7.12. The Balaban J connectivity index is 1.51. The highest BCUT2D eigenvalue weighted by molar-refractivity contribution is 5.93. The highest BCUT2D eigenvalue weighted by Gasteiger charge is 2.20. The Morgan fingerprint density at radius 1 is 1.36 bits per heavy atom. The largest absolute Gasteiger partial charge is 0.375 e. The average molecular weight is 342 g/mol. The number of hydrogen-bond acceptors (Lipinski definition) is 4. The number of ether oxygens (including phenoxy) is 1. The topological polar surface area (TPSA) is 59.4 Å². The summed E-state index contributed by atoms with van der Waals surface area (Å²) in [5.41, 5.74) is 1.90. The molecule has 0 saturated carbocycles. The Morgan fingerprint density at radius 3 is 2.96 bits per heavy atom. The Hall–Kier alpha value is -2.18. The van der Waals surface area contributed by atoms with Crippen LogP contribution in [-0.2, 0) is 17.8 Å². The first kappa shape index (κ1) is 17.6. The van der Waals surface area contributed by atoms with Crippen molar-refractivity contribution in [3.63, 3.8) is 0 Å². The molecule has 1 N–H and O–H groups in total. The van der Waals surface area contributed by atoms with Crippen molar-refractivity contribution in [3.05, 3.63) is 53.9 Å². The van der Waals surface area contributed by atoms with Crippen molar-refractivity contribution in [2.24, 2.45) is 0 Å². The van der Waals surface area contributed by atoms with Crippen LogP contribution < -0.4 is 5.32 Å². The third-order valence-corrected chi connectivity index (χ3v) is 4.39. The molecule has 1 atom stereocenters. The van der Waals surface area contributed by atoms with Gasteiger partial charge in [-0.2, -0.15) is 5.10 Å². The number of aryl methyl sites for hydroxylation is 1. The Labute approximate surface area is 148 Å². The first-order valence-electron chi connectivity index (χ1n) is 8.93. The number of carbonyl (C=O) groups excluding carboxylic acids is 1. The third kappa shape index (κ3) is 5.14. The second kappa shape index (κ2) is 8.78. The summed E-state index contributed by atoms with van der Waals surface area (Å²) in [6.07, 6.45) is 4.40. The van der Waals surface area contributed by atoms with Crippen molar-refractivity contribution in [2.75, 3.05) is 26.2 Å². The molecular formula is C19H26N4O2. The van der Waals surface area contributed by atoms with E-state index in [1.165, 1.54) is 5.56 Å². The van der Waals surface area contributed by atoms with Gasteiger partial charge in [-0.25, -0.2) is 0 Å². The Morgan fingerprint density at radius 2 is 2.20 bits per heavy atom. The van der Waals surface area contributed by atoms with Crippen molar-refractivity contribution in [3.8, 4) is 0 Å². The average Bonchev–Trinajstić information content (AvgIpc) is 3.02. The fourth-order valence-corrected chi connectivity index (χ4v) is 3.04. The minimum absolute atomic E-state index is 0.0105. The van der Waals surface area contributed by atoms with Crippen LogP contribution >= 0.6 is 0 Å². The second-order valence-corrected chi connectivity index (χ2v) is 6.36. The molecule has 1 aromatic carbocycles. The molecule has 1 fully saturated rings. The molecule has 134 valence electrons. The molecule has 3 rings (SSSR count). The van der Waals surface area contributed by atoms with Crippen LogP contribution in [0.4, 0.5) is 0 Å². The van der Waals surface area contributed by atoms with Gasteiger partial charge in [-0.05, 0) is 18.9 Å². The first-order chi connectivity index (χ1) is 12.2. The molecule has 0 aliphatic carbocycles. The van der Waals surface area contributed by atoms with Crippen LogP contribution in [0, 0.1) is 0 Å². The van der Waals surface area contributed by atoms with E-state index < -0.39 is 0 Å². The van der Waals surface area contributed by atoms with Gasteiger partial charge in [-0.15, -0.1) is 0 Å². The molecule has 0 unspecified atom stereocenters. The normalized spacial score (nSPS) is 18.7. The molecule has 1 aromatic heterocycles. The quantitative estimate of drug-likeness (QED) is 0.871. The van der Waals surface area contributed by atoms with Crippen molar-refractivity contribution >= 4 is 5.91 Å². The maximum atomic E-state index is 12.2. The molecule has 0 bridgehead atoms. The van der Waals surface area contributed by atoms with Gasteiger partial charge in [0.25, 0.3) is 5.91 Å². The molecule has 2 aromatic rings. The van der Waals surface area contributed by atoms with Gasteiger partial charge in [0.1, 0.15) is 0 Å². The number of aromatic nitrogens is 2. The second-order valence-electron chi connectivity index (χ2n) is 6.36. The molecule has 0 spiro atoms. The summed E-state index contributed by atoms with van der Waals surface area (Å²) < 4.78 is 7.65. The lowest BCUT2D eigenvalue weighted by atomic mass is 10.2. The lowest BCUT2D eigenvalue weighted by Crippen LogP contribution is -2.39. The zero-order chi connectivity index (χ0) is 17.5. The summed E-state index contributed by atoms with van der Waals surface area (Å²) in [5.74, 6) is -0.0952. The lowest BCUT2D eigenvalue weighted by molar-refractivity contribution is 0.0510. The van der Waals surface area contributed by atoms with Crippen molar-refractivity contribution < 1.29 is 9.53 Å². The van der Waals surface area contributed by atoms with E-state index in [2.05, 4.69) is 39.6 Å². The van der Waals surface area contributed by atoms with Crippen molar-refractivity contribution in [2.45, 2.75) is 32.5 Å². The van der Waals surface area contributed by atoms with Crippen LogP contribution in [0.1, 0.15) is 29.3 Å². The zero-order valence-corrected chi connectivity index (χ0v) is 14.7. The third-order valence-electron chi connectivity index (χ3n) is 4.39. The van der Waals surface area contributed by atoms with Gasteiger partial charge in [0, 0.05) is 45.5 Å². The predicted molar refractivity (Wildman–Crippen MR) is 96.3 cm³/mol. The van der Waals surface area contributed by atoms with E-state index in [1.54, 1.807) is 17.1 Å². The Kier molecular flexibility index (Phi) is 6.19. The number of rotatable bonds is 6. The fraction of sp³-hybridized carbons (Fsp3) is 0.474. The highest BCUT2D eigenvalue weighted by atomic mass is 16.5. The summed E-state index contributed by atoms with van der Waals surface area (Å²) in [6.45, 7) is 6.76. The van der Waals surface area contributed by atoms with Crippen LogP contribution in [0.2, 0.25) is 0 Å². The summed E-state index contributed by atoms with van der Waals surface area (Å²) in [6, 6.07) is 10.5. The lowest BCUT2D eigenvalue weighted by Gasteiger charge is -2.24. The monoisotopic (exact) mass is 342 g/mol. The van der Waals surface area contributed by atoms with Crippen LogP contribution in [0.15, 0.2) is 42.7 Å².